The van der Waals surface area contributed by atoms with Gasteiger partial charge in [0.25, 0.3) is 5.69 Å². The van der Waals surface area contributed by atoms with Crippen molar-refractivity contribution >= 4 is 36.4 Å². The van der Waals surface area contributed by atoms with Crippen molar-refractivity contribution in [1.82, 2.24) is 0 Å². The number of para-hydroxylation sites is 1. The molecule has 0 unspecified atom stereocenters. The van der Waals surface area contributed by atoms with Gasteiger partial charge in [0.2, 0.25) is 11.8 Å². The van der Waals surface area contributed by atoms with Crippen molar-refractivity contribution in [2.24, 2.45) is 17.8 Å². The van der Waals surface area contributed by atoms with E-state index in [9.17, 15) is 29.8 Å². The number of phenols is 1. The number of rotatable bonds is 10. The quantitative estimate of drug-likeness (QED) is 0.134. The van der Waals surface area contributed by atoms with E-state index in [1.54, 1.807) is 19.2 Å². The molecular weight excluding hydrogens is 539 g/mol. The zero-order valence-corrected chi connectivity index (χ0v) is 23.8. The van der Waals surface area contributed by atoms with E-state index in [0.717, 1.165) is 40.0 Å². The summed E-state index contributed by atoms with van der Waals surface area (Å²) in [4.78, 5) is 39.4. The number of methoxy groups -OCH3 is 1. The Labute approximate surface area is 244 Å². The number of aromatic hydroxyl groups is 1. The molecule has 0 saturated carbocycles. The fraction of sp³-hybridized carbons (Fsp3) is 0.419. The fourth-order valence-corrected chi connectivity index (χ4v) is 6.81. The first-order valence-electron chi connectivity index (χ1n) is 14.4. The molecule has 2 saturated heterocycles. The molecule has 0 spiro atoms. The topological polar surface area (TPSA) is 139 Å². The smallest absolute Gasteiger partial charge is 0.455 e. The van der Waals surface area contributed by atoms with Gasteiger partial charge in [0, 0.05) is 24.8 Å². The molecule has 10 nitrogen and oxygen atoms in total. The maximum absolute atomic E-state index is 13.9. The van der Waals surface area contributed by atoms with Crippen molar-refractivity contribution in [3.63, 3.8) is 0 Å². The Morgan fingerprint density at radius 2 is 1.95 bits per heavy atom. The first kappa shape index (κ1) is 29.7. The largest absolute Gasteiger partial charge is 0.507 e. The summed E-state index contributed by atoms with van der Waals surface area (Å²) >= 11 is 0. The van der Waals surface area contributed by atoms with Crippen LogP contribution in [0.4, 0.5) is 11.4 Å². The number of allylic oxidation sites excluding steroid dienone is 1. The molecule has 2 amide bonds. The van der Waals surface area contributed by atoms with E-state index in [0.29, 0.717) is 19.3 Å². The van der Waals surface area contributed by atoms with E-state index in [-0.39, 0.29) is 30.1 Å². The molecular formula is C31H35BN2O8. The van der Waals surface area contributed by atoms with Gasteiger partial charge in [0.05, 0.1) is 35.2 Å². The van der Waals surface area contributed by atoms with Crippen LogP contribution in [0, 0.1) is 27.9 Å². The van der Waals surface area contributed by atoms with Crippen LogP contribution in [-0.2, 0) is 19.0 Å². The third-order valence-corrected chi connectivity index (χ3v) is 8.52. The van der Waals surface area contributed by atoms with Crippen LogP contribution in [0.2, 0.25) is 6.32 Å². The summed E-state index contributed by atoms with van der Waals surface area (Å²) in [6, 6.07) is 12.7. The van der Waals surface area contributed by atoms with Crippen molar-refractivity contribution < 1.29 is 34.0 Å². The Kier molecular flexibility index (Phi) is 8.91. The van der Waals surface area contributed by atoms with Crippen LogP contribution in [0.1, 0.15) is 44.6 Å². The zero-order chi connectivity index (χ0) is 30.0. The average Bonchev–Trinajstić information content (AvgIpc) is 3.22. The van der Waals surface area contributed by atoms with Crippen LogP contribution in [-0.4, -0.2) is 53.8 Å². The second kappa shape index (κ2) is 12.6. The van der Waals surface area contributed by atoms with Crippen LogP contribution in [0.3, 0.4) is 0 Å². The highest BCUT2D eigenvalue weighted by atomic mass is 16.6. The third kappa shape index (κ3) is 5.77. The zero-order valence-electron chi connectivity index (χ0n) is 23.8. The highest BCUT2D eigenvalue weighted by Gasteiger charge is 2.57. The molecule has 2 fully saturated rings. The molecule has 3 aliphatic rings. The van der Waals surface area contributed by atoms with Crippen molar-refractivity contribution in [3.8, 4) is 5.75 Å². The minimum absolute atomic E-state index is 0.164. The minimum Gasteiger partial charge on any atom is -0.507 e. The van der Waals surface area contributed by atoms with Crippen LogP contribution < -0.4 is 4.90 Å². The van der Waals surface area contributed by atoms with Gasteiger partial charge < -0.3 is 19.5 Å². The van der Waals surface area contributed by atoms with E-state index < -0.39 is 47.7 Å². The molecule has 2 aromatic rings. The lowest BCUT2D eigenvalue weighted by Crippen LogP contribution is -2.46. The van der Waals surface area contributed by atoms with E-state index in [1.807, 2.05) is 18.2 Å². The number of carbonyl (C=O) groups is 2. The molecule has 0 radical (unpaired) electrons. The molecule has 11 heteroatoms. The molecule has 0 bridgehead atoms. The van der Waals surface area contributed by atoms with Gasteiger partial charge in [0.15, 0.2) is 0 Å². The Bertz CT molecular complexity index is 1440. The fourth-order valence-electron chi connectivity index (χ4n) is 6.81. The number of ether oxygens (including phenoxy) is 1. The number of hydrogen-bond donors (Lipinski definition) is 2. The number of imide groups is 1. The van der Waals surface area contributed by atoms with Gasteiger partial charge in [-0.3, -0.25) is 19.7 Å². The number of non-ortho nitro benzene ring substituents is 1. The second-order valence-electron chi connectivity index (χ2n) is 11.2. The van der Waals surface area contributed by atoms with Gasteiger partial charge in [0.1, 0.15) is 5.75 Å². The number of phenolic OH excluding ortho intramolecular Hbond substituents is 1. The van der Waals surface area contributed by atoms with Gasteiger partial charge in [-0.2, -0.15) is 0 Å². The highest BCUT2D eigenvalue weighted by Crippen LogP contribution is 2.51. The average molecular weight is 574 g/mol. The summed E-state index contributed by atoms with van der Waals surface area (Å²) in [6.45, 7) is 2.35. The monoisotopic (exact) mass is 574 g/mol. The predicted molar refractivity (Wildman–Crippen MR) is 157 cm³/mol. The lowest BCUT2D eigenvalue weighted by atomic mass is 9.58. The summed E-state index contributed by atoms with van der Waals surface area (Å²) < 4.78 is 11.6. The van der Waals surface area contributed by atoms with Gasteiger partial charge in [-0.05, 0) is 61.2 Å². The van der Waals surface area contributed by atoms with Crippen LogP contribution in [0.25, 0.3) is 6.08 Å². The lowest BCUT2D eigenvalue weighted by molar-refractivity contribution is -0.384. The number of nitrogens with zero attached hydrogens (tertiary/aromatic N) is 2. The summed E-state index contributed by atoms with van der Waals surface area (Å²) in [6.07, 6.45) is 4.93. The number of fused-ring (bicyclic) bond motifs is 3. The Morgan fingerprint density at radius 3 is 2.67 bits per heavy atom. The van der Waals surface area contributed by atoms with Gasteiger partial charge in [-0.15, -0.1) is 0 Å². The molecule has 0 aromatic heterocycles. The van der Waals surface area contributed by atoms with Crippen LogP contribution in [0.15, 0.2) is 65.3 Å². The predicted octanol–water partition coefficient (Wildman–Crippen LogP) is 4.91. The summed E-state index contributed by atoms with van der Waals surface area (Å²) in [5, 5.41) is 32.5. The number of anilines is 1. The molecule has 2 aliphatic heterocycles. The Hall–Kier alpha value is -3.80. The Morgan fingerprint density at radius 1 is 1.17 bits per heavy atom. The molecule has 220 valence electrons. The minimum atomic E-state index is -1.11. The number of amides is 2. The first-order valence-corrected chi connectivity index (χ1v) is 14.4. The van der Waals surface area contributed by atoms with Crippen molar-refractivity contribution in [2.75, 3.05) is 18.6 Å². The van der Waals surface area contributed by atoms with Gasteiger partial charge in [-0.1, -0.05) is 49.3 Å². The number of carbonyl (C=O) groups excluding carboxylic acids is 2. The van der Waals surface area contributed by atoms with Gasteiger partial charge in [-0.25, -0.2) is 4.90 Å². The number of benzene rings is 2. The number of nitro benzene ring substituents is 1. The van der Waals surface area contributed by atoms with Crippen molar-refractivity contribution in [3.05, 3.63) is 80.9 Å². The molecule has 2 heterocycles. The molecule has 1 aliphatic carbocycles. The van der Waals surface area contributed by atoms with Crippen molar-refractivity contribution in [1.29, 1.82) is 0 Å². The van der Waals surface area contributed by atoms with Crippen LogP contribution >= 0.6 is 0 Å². The third-order valence-electron chi connectivity index (χ3n) is 8.52. The SMILES string of the molecule is CCC/C(=C\c1ccccc1O)CC[C@H]1OB(O)C[C@H]2C1=C(COC)C[C@H]1C(=O)N(c3cccc([N+](=O)[O-])c3)C(=O)[C@H]12. The van der Waals surface area contributed by atoms with Crippen LogP contribution in [0.5, 0.6) is 5.75 Å². The number of hydrogen-bond acceptors (Lipinski definition) is 8. The lowest BCUT2D eigenvalue weighted by Gasteiger charge is -2.43. The second-order valence-corrected chi connectivity index (χ2v) is 11.2. The number of nitro groups is 1. The van der Waals surface area contributed by atoms with E-state index in [2.05, 4.69) is 6.92 Å². The normalized spacial score (nSPS) is 24.2. The standard InChI is InChI=1S/C31H35BN2O8/c1-3-7-19(14-20-8-4-5-11-26(20)35)12-13-27-28-21(18-41-2)15-24-29(25(28)17-32(38)42-27)31(37)33(30(24)36)22-9-6-10-23(16-22)34(39)40/h4-6,8-11,14,16,24-25,27,29,35,38H,3,7,12-13,15,17-18H2,1-2H3/b19-14+/t24-,25+,27-,29-/m1/s1. The summed E-state index contributed by atoms with van der Waals surface area (Å²) in [5.74, 6) is -2.40. The highest BCUT2D eigenvalue weighted by molar-refractivity contribution is 6.43. The summed E-state index contributed by atoms with van der Waals surface area (Å²) in [5.41, 5.74) is 3.63. The van der Waals surface area contributed by atoms with E-state index >= 15 is 0 Å². The Balaban J connectivity index is 1.45. The van der Waals surface area contributed by atoms with E-state index in [1.165, 1.54) is 24.3 Å². The molecule has 2 N–H and O–H groups in total. The molecule has 42 heavy (non-hydrogen) atoms. The molecule has 2 aromatic carbocycles. The molecule has 4 atom stereocenters. The van der Waals surface area contributed by atoms with Gasteiger partial charge >= 0.3 is 7.12 Å². The first-order chi connectivity index (χ1) is 20.2. The maximum atomic E-state index is 13.9. The van der Waals surface area contributed by atoms with E-state index in [4.69, 9.17) is 9.39 Å². The maximum Gasteiger partial charge on any atom is 0.455 e. The summed E-state index contributed by atoms with van der Waals surface area (Å²) in [7, 11) is 0.464. The van der Waals surface area contributed by atoms with Crippen molar-refractivity contribution in [2.45, 2.75) is 51.5 Å². The molecule has 5 rings (SSSR count).